The maximum absolute atomic E-state index is 13.7. The van der Waals surface area contributed by atoms with Gasteiger partial charge in [0.25, 0.3) is 0 Å². The minimum Gasteiger partial charge on any atom is -0.327 e. The summed E-state index contributed by atoms with van der Waals surface area (Å²) >= 11 is 11.1. The summed E-state index contributed by atoms with van der Waals surface area (Å²) in [5.41, 5.74) is 6.57. The van der Waals surface area contributed by atoms with Crippen LogP contribution < -0.4 is 5.73 Å². The van der Waals surface area contributed by atoms with Crippen molar-refractivity contribution in [2.45, 2.75) is 17.4 Å². The Bertz CT molecular complexity index is 574. The van der Waals surface area contributed by atoms with Gasteiger partial charge in [0.1, 0.15) is 5.82 Å². The van der Waals surface area contributed by atoms with Crippen molar-refractivity contribution in [1.82, 2.24) is 0 Å². The standard InChI is InChI=1S/C15H14BrClFNS/c16-10-3-1-4-12(7-10)20-9-11(19)8-13-14(17)5-2-6-15(13)18/h1-7,11H,8-9,19H2. The molecule has 1 atom stereocenters. The fourth-order valence-electron chi connectivity index (χ4n) is 1.81. The summed E-state index contributed by atoms with van der Waals surface area (Å²) in [7, 11) is 0. The molecular weight excluding hydrogens is 361 g/mol. The predicted octanol–water partition coefficient (Wildman–Crippen LogP) is 4.90. The number of benzene rings is 2. The van der Waals surface area contributed by atoms with Crippen LogP contribution in [0.4, 0.5) is 4.39 Å². The second kappa shape index (κ2) is 7.46. The topological polar surface area (TPSA) is 26.0 Å². The number of nitrogens with two attached hydrogens (primary N) is 1. The fourth-order valence-corrected chi connectivity index (χ4v) is 3.51. The molecular formula is C15H14BrClFNS. The van der Waals surface area contributed by atoms with Gasteiger partial charge in [0.15, 0.2) is 0 Å². The highest BCUT2D eigenvalue weighted by Crippen LogP contribution is 2.24. The largest absolute Gasteiger partial charge is 0.327 e. The van der Waals surface area contributed by atoms with Gasteiger partial charge in [-0.2, -0.15) is 0 Å². The van der Waals surface area contributed by atoms with Gasteiger partial charge in [0, 0.05) is 31.7 Å². The molecule has 2 rings (SSSR count). The Hall–Kier alpha value is -0.550. The molecule has 2 aromatic rings. The highest BCUT2D eigenvalue weighted by atomic mass is 79.9. The van der Waals surface area contributed by atoms with E-state index in [0.717, 1.165) is 9.37 Å². The van der Waals surface area contributed by atoms with E-state index in [1.165, 1.54) is 6.07 Å². The number of hydrogen-bond donors (Lipinski definition) is 1. The van der Waals surface area contributed by atoms with Crippen LogP contribution in [0.3, 0.4) is 0 Å². The lowest BCUT2D eigenvalue weighted by Gasteiger charge is -2.13. The normalized spacial score (nSPS) is 12.4. The molecule has 0 amide bonds. The van der Waals surface area contributed by atoms with E-state index in [2.05, 4.69) is 15.9 Å². The third-order valence-electron chi connectivity index (χ3n) is 2.79. The first kappa shape index (κ1) is 15.8. The summed E-state index contributed by atoms with van der Waals surface area (Å²) in [5, 5.41) is 0.438. The van der Waals surface area contributed by atoms with Gasteiger partial charge in [-0.25, -0.2) is 4.39 Å². The van der Waals surface area contributed by atoms with Crippen LogP contribution in [0.25, 0.3) is 0 Å². The Morgan fingerprint density at radius 3 is 2.70 bits per heavy atom. The molecule has 2 N–H and O–H groups in total. The lowest BCUT2D eigenvalue weighted by molar-refractivity contribution is 0.597. The molecule has 20 heavy (non-hydrogen) atoms. The van der Waals surface area contributed by atoms with Crippen LogP contribution in [-0.2, 0) is 6.42 Å². The van der Waals surface area contributed by atoms with Crippen molar-refractivity contribution in [2.24, 2.45) is 5.73 Å². The van der Waals surface area contributed by atoms with Crippen molar-refractivity contribution >= 4 is 39.3 Å². The number of rotatable bonds is 5. The maximum atomic E-state index is 13.7. The molecule has 0 fully saturated rings. The van der Waals surface area contributed by atoms with Crippen LogP contribution in [0, 0.1) is 5.82 Å². The Kier molecular flexibility index (Phi) is 5.90. The summed E-state index contributed by atoms with van der Waals surface area (Å²) in [6, 6.07) is 12.6. The summed E-state index contributed by atoms with van der Waals surface area (Å²) in [6.07, 6.45) is 0.437. The monoisotopic (exact) mass is 373 g/mol. The van der Waals surface area contributed by atoms with Gasteiger partial charge in [-0.15, -0.1) is 11.8 Å². The van der Waals surface area contributed by atoms with Gasteiger partial charge in [-0.05, 0) is 36.8 Å². The van der Waals surface area contributed by atoms with Gasteiger partial charge < -0.3 is 5.73 Å². The minimum absolute atomic E-state index is 0.145. The maximum Gasteiger partial charge on any atom is 0.127 e. The number of halogens is 3. The molecule has 1 unspecified atom stereocenters. The second-order valence-electron chi connectivity index (χ2n) is 4.43. The smallest absolute Gasteiger partial charge is 0.127 e. The van der Waals surface area contributed by atoms with E-state index in [1.807, 2.05) is 24.3 Å². The molecule has 0 aliphatic rings. The van der Waals surface area contributed by atoms with E-state index < -0.39 is 0 Å². The highest BCUT2D eigenvalue weighted by molar-refractivity contribution is 9.10. The molecule has 2 aromatic carbocycles. The first-order chi connectivity index (χ1) is 9.56. The minimum atomic E-state index is -0.291. The summed E-state index contributed by atoms with van der Waals surface area (Å²) in [5.74, 6) is 0.418. The second-order valence-corrected chi connectivity index (χ2v) is 6.85. The summed E-state index contributed by atoms with van der Waals surface area (Å²) < 4.78 is 14.7. The van der Waals surface area contributed by atoms with E-state index >= 15 is 0 Å². The molecule has 0 radical (unpaired) electrons. The number of thioether (sulfide) groups is 1. The van der Waals surface area contributed by atoms with Crippen molar-refractivity contribution in [3.63, 3.8) is 0 Å². The molecule has 0 saturated carbocycles. The van der Waals surface area contributed by atoms with E-state index in [0.29, 0.717) is 22.8 Å². The van der Waals surface area contributed by atoms with E-state index in [4.69, 9.17) is 17.3 Å². The highest BCUT2D eigenvalue weighted by Gasteiger charge is 2.12. The lowest BCUT2D eigenvalue weighted by Crippen LogP contribution is -2.26. The Balaban J connectivity index is 1.94. The molecule has 0 aliphatic heterocycles. The van der Waals surface area contributed by atoms with Gasteiger partial charge in [-0.3, -0.25) is 0 Å². The van der Waals surface area contributed by atoms with E-state index in [1.54, 1.807) is 23.9 Å². The Morgan fingerprint density at radius 1 is 1.25 bits per heavy atom. The molecule has 0 aromatic heterocycles. The first-order valence-corrected chi connectivity index (χ1v) is 8.29. The number of hydrogen-bond acceptors (Lipinski definition) is 2. The van der Waals surface area contributed by atoms with Crippen LogP contribution in [0.1, 0.15) is 5.56 Å². The zero-order valence-electron chi connectivity index (χ0n) is 10.7. The average molecular weight is 375 g/mol. The van der Waals surface area contributed by atoms with Crippen LogP contribution >= 0.6 is 39.3 Å². The molecule has 0 heterocycles. The molecule has 0 bridgehead atoms. The lowest BCUT2D eigenvalue weighted by atomic mass is 10.1. The zero-order chi connectivity index (χ0) is 14.5. The molecule has 0 spiro atoms. The van der Waals surface area contributed by atoms with Crippen molar-refractivity contribution in [2.75, 3.05) is 5.75 Å². The molecule has 106 valence electrons. The first-order valence-electron chi connectivity index (χ1n) is 6.13. The van der Waals surface area contributed by atoms with E-state index in [-0.39, 0.29) is 11.9 Å². The zero-order valence-corrected chi connectivity index (χ0v) is 13.8. The molecule has 1 nitrogen and oxygen atoms in total. The van der Waals surface area contributed by atoms with Crippen molar-refractivity contribution in [3.8, 4) is 0 Å². The predicted molar refractivity (Wildman–Crippen MR) is 88.0 cm³/mol. The average Bonchev–Trinajstić information content (AvgIpc) is 2.41. The quantitative estimate of drug-likeness (QED) is 0.753. The van der Waals surface area contributed by atoms with Crippen molar-refractivity contribution < 1.29 is 4.39 Å². The van der Waals surface area contributed by atoms with E-state index in [9.17, 15) is 4.39 Å². The van der Waals surface area contributed by atoms with Crippen molar-refractivity contribution in [3.05, 3.63) is 63.3 Å². The third-order valence-corrected chi connectivity index (χ3v) is 4.82. The molecule has 0 saturated heterocycles. The SMILES string of the molecule is NC(CSc1cccc(Br)c1)Cc1c(F)cccc1Cl. The van der Waals surface area contributed by atoms with Gasteiger partial charge in [0.05, 0.1) is 0 Å². The molecule has 5 heteroatoms. The Labute approximate surface area is 135 Å². The van der Waals surface area contributed by atoms with Crippen LogP contribution in [0.15, 0.2) is 51.8 Å². The Morgan fingerprint density at radius 2 is 2.00 bits per heavy atom. The van der Waals surface area contributed by atoms with Gasteiger partial charge in [0.2, 0.25) is 0 Å². The third kappa shape index (κ3) is 4.48. The summed E-state index contributed by atoms with van der Waals surface area (Å²) in [4.78, 5) is 1.13. The van der Waals surface area contributed by atoms with Crippen LogP contribution in [-0.4, -0.2) is 11.8 Å². The fraction of sp³-hybridized carbons (Fsp3) is 0.200. The van der Waals surface area contributed by atoms with Gasteiger partial charge in [-0.1, -0.05) is 39.7 Å². The van der Waals surface area contributed by atoms with Gasteiger partial charge >= 0.3 is 0 Å². The summed E-state index contributed by atoms with van der Waals surface area (Å²) in [6.45, 7) is 0. The molecule has 0 aliphatic carbocycles. The van der Waals surface area contributed by atoms with Crippen LogP contribution in [0.5, 0.6) is 0 Å². The van der Waals surface area contributed by atoms with Crippen molar-refractivity contribution in [1.29, 1.82) is 0 Å². The van der Waals surface area contributed by atoms with Crippen LogP contribution in [0.2, 0.25) is 5.02 Å².